The third-order valence-corrected chi connectivity index (χ3v) is 5.46. The molecular formula is C20H26N6O2. The Morgan fingerprint density at radius 2 is 1.79 bits per heavy atom. The molecule has 0 aromatic heterocycles. The molecule has 4 rings (SSSR count). The van der Waals surface area contributed by atoms with Crippen LogP contribution >= 0.6 is 0 Å². The number of nitrogens with zero attached hydrogens (tertiary/aromatic N) is 5. The van der Waals surface area contributed by atoms with Crippen molar-refractivity contribution >= 4 is 23.6 Å². The predicted octanol–water partition coefficient (Wildman–Crippen LogP) is 0.933. The molecule has 3 heterocycles. The molecule has 2 unspecified atom stereocenters. The molecule has 8 heteroatoms. The summed E-state index contributed by atoms with van der Waals surface area (Å²) in [7, 11) is 1.68. The maximum absolute atomic E-state index is 12.6. The highest BCUT2D eigenvalue weighted by Crippen LogP contribution is 2.27. The van der Waals surface area contributed by atoms with Gasteiger partial charge >= 0.3 is 6.03 Å². The Hall–Kier alpha value is -3.03. The molecule has 28 heavy (non-hydrogen) atoms. The third kappa shape index (κ3) is 3.19. The van der Waals surface area contributed by atoms with Crippen molar-refractivity contribution in [3.05, 3.63) is 42.5 Å². The van der Waals surface area contributed by atoms with Crippen LogP contribution in [0.25, 0.3) is 0 Å². The normalized spacial score (nSPS) is 24.9. The Balaban J connectivity index is 1.54. The molecule has 0 bridgehead atoms. The van der Waals surface area contributed by atoms with Gasteiger partial charge in [0.25, 0.3) is 5.91 Å². The van der Waals surface area contributed by atoms with Crippen molar-refractivity contribution in [3.63, 3.8) is 0 Å². The fraction of sp³-hybridized carbons (Fsp3) is 0.450. The van der Waals surface area contributed by atoms with Crippen LogP contribution in [0, 0.1) is 0 Å². The van der Waals surface area contributed by atoms with Crippen LogP contribution in [0.2, 0.25) is 0 Å². The first-order chi connectivity index (χ1) is 13.5. The van der Waals surface area contributed by atoms with Crippen LogP contribution in [0.3, 0.4) is 0 Å². The van der Waals surface area contributed by atoms with E-state index in [0.29, 0.717) is 6.54 Å². The van der Waals surface area contributed by atoms with E-state index in [-0.39, 0.29) is 5.91 Å². The lowest BCUT2D eigenvalue weighted by atomic mass is 10.1. The summed E-state index contributed by atoms with van der Waals surface area (Å²) in [5, 5.41) is 2.43. The molecule has 0 spiro atoms. The summed E-state index contributed by atoms with van der Waals surface area (Å²) in [6.07, 6.45) is -0.497. The first-order valence-corrected chi connectivity index (χ1v) is 9.57. The molecule has 2 fully saturated rings. The van der Waals surface area contributed by atoms with Crippen LogP contribution in [0.4, 0.5) is 10.5 Å². The number of fused-ring (bicyclic) bond motifs is 1. The highest BCUT2D eigenvalue weighted by atomic mass is 16.2. The highest BCUT2D eigenvalue weighted by Gasteiger charge is 2.49. The van der Waals surface area contributed by atoms with E-state index >= 15 is 0 Å². The zero-order chi connectivity index (χ0) is 19.8. The monoisotopic (exact) mass is 382 g/mol. The highest BCUT2D eigenvalue weighted by molar-refractivity contribution is 6.03. The Morgan fingerprint density at radius 1 is 1.14 bits per heavy atom. The number of anilines is 1. The molecule has 2 saturated heterocycles. The molecule has 0 radical (unpaired) electrons. The number of urea groups is 1. The van der Waals surface area contributed by atoms with Crippen LogP contribution < -0.4 is 10.2 Å². The minimum absolute atomic E-state index is 0.295. The quantitative estimate of drug-likeness (QED) is 0.788. The number of piperazine rings is 1. The van der Waals surface area contributed by atoms with E-state index in [0.717, 1.165) is 37.7 Å². The molecule has 8 nitrogen and oxygen atoms in total. The largest absolute Gasteiger partial charge is 0.368 e. The van der Waals surface area contributed by atoms with Crippen molar-refractivity contribution < 1.29 is 9.59 Å². The van der Waals surface area contributed by atoms with Gasteiger partial charge in [-0.25, -0.2) is 9.79 Å². The molecule has 1 aromatic rings. The Bertz CT molecular complexity index is 815. The minimum Gasteiger partial charge on any atom is -0.368 e. The molecule has 0 saturated carbocycles. The summed E-state index contributed by atoms with van der Waals surface area (Å²) in [4.78, 5) is 37.4. The van der Waals surface area contributed by atoms with Crippen LogP contribution in [0.1, 0.15) is 6.92 Å². The zero-order valence-corrected chi connectivity index (χ0v) is 16.3. The van der Waals surface area contributed by atoms with Gasteiger partial charge in [0.15, 0.2) is 18.2 Å². The second-order valence-corrected chi connectivity index (χ2v) is 7.59. The van der Waals surface area contributed by atoms with Crippen LogP contribution in [-0.4, -0.2) is 84.6 Å². The Kier molecular flexibility index (Phi) is 4.70. The average Bonchev–Trinajstić information content (AvgIpc) is 3.06. The number of nitrogens with one attached hydrogen (secondary N) is 1. The van der Waals surface area contributed by atoms with Crippen molar-refractivity contribution in [2.75, 3.05) is 44.7 Å². The van der Waals surface area contributed by atoms with Gasteiger partial charge in [0.1, 0.15) is 0 Å². The molecular weight excluding hydrogens is 356 g/mol. The number of para-hydroxylation sites is 1. The van der Waals surface area contributed by atoms with Crippen molar-refractivity contribution in [2.24, 2.45) is 4.99 Å². The summed E-state index contributed by atoms with van der Waals surface area (Å²) >= 11 is 0. The first kappa shape index (κ1) is 18.3. The van der Waals surface area contributed by atoms with Gasteiger partial charge in [-0.15, -0.1) is 0 Å². The maximum atomic E-state index is 12.6. The van der Waals surface area contributed by atoms with Gasteiger partial charge < -0.3 is 19.6 Å². The maximum Gasteiger partial charge on any atom is 0.325 e. The number of hydrogen-bond acceptors (Lipinski definition) is 6. The molecule has 1 aromatic carbocycles. The fourth-order valence-corrected chi connectivity index (χ4v) is 4.04. The number of carbonyl (C=O) groups is 2. The molecule has 3 aliphatic heterocycles. The summed E-state index contributed by atoms with van der Waals surface area (Å²) in [6.45, 7) is 9.85. The van der Waals surface area contributed by atoms with Crippen molar-refractivity contribution in [1.82, 2.24) is 20.0 Å². The lowest BCUT2D eigenvalue weighted by Gasteiger charge is -2.41. The number of benzene rings is 1. The average molecular weight is 382 g/mol. The first-order valence-electron chi connectivity index (χ1n) is 9.57. The number of guanidine groups is 1. The van der Waals surface area contributed by atoms with Crippen LogP contribution in [0.15, 0.2) is 47.5 Å². The van der Waals surface area contributed by atoms with Gasteiger partial charge in [0, 0.05) is 45.5 Å². The van der Waals surface area contributed by atoms with Gasteiger partial charge in [0.05, 0.1) is 0 Å². The number of hydrogen-bond donors (Lipinski definition) is 1. The summed E-state index contributed by atoms with van der Waals surface area (Å²) in [6, 6.07) is 9.45. The number of imide groups is 1. The van der Waals surface area contributed by atoms with E-state index in [9.17, 15) is 9.59 Å². The molecule has 1 N–H and O–H groups in total. The molecule has 0 aliphatic carbocycles. The fourth-order valence-electron chi connectivity index (χ4n) is 4.04. The van der Waals surface area contributed by atoms with Crippen LogP contribution in [0.5, 0.6) is 0 Å². The van der Waals surface area contributed by atoms with E-state index in [1.54, 1.807) is 7.05 Å². The Morgan fingerprint density at radius 3 is 2.43 bits per heavy atom. The number of amides is 3. The van der Waals surface area contributed by atoms with Gasteiger partial charge in [-0.05, 0) is 19.1 Å². The molecule has 148 valence electrons. The smallest absolute Gasteiger partial charge is 0.325 e. The summed E-state index contributed by atoms with van der Waals surface area (Å²) in [5.74, 6) is 0.485. The van der Waals surface area contributed by atoms with E-state index < -0.39 is 18.2 Å². The number of carbonyl (C=O) groups excluding carboxylic acids is 2. The third-order valence-electron chi connectivity index (χ3n) is 5.46. The van der Waals surface area contributed by atoms with Crippen molar-refractivity contribution in [3.8, 4) is 0 Å². The van der Waals surface area contributed by atoms with Gasteiger partial charge in [-0.1, -0.05) is 30.4 Å². The Labute approximate surface area is 165 Å². The van der Waals surface area contributed by atoms with Crippen molar-refractivity contribution in [2.45, 2.75) is 19.1 Å². The number of aliphatic imine (C=N–C) groups is 1. The molecule has 3 aliphatic rings. The molecule has 3 amide bonds. The van der Waals surface area contributed by atoms with Gasteiger partial charge in [-0.2, -0.15) is 0 Å². The second-order valence-electron chi connectivity index (χ2n) is 7.59. The molecule has 2 atom stereocenters. The van der Waals surface area contributed by atoms with E-state index in [1.807, 2.05) is 30.0 Å². The van der Waals surface area contributed by atoms with E-state index in [4.69, 9.17) is 4.99 Å². The topological polar surface area (TPSA) is 71.5 Å². The van der Waals surface area contributed by atoms with Gasteiger partial charge in [-0.3, -0.25) is 10.1 Å². The lowest BCUT2D eigenvalue weighted by molar-refractivity contribution is -0.127. The minimum atomic E-state index is -0.512. The lowest BCUT2D eigenvalue weighted by Crippen LogP contribution is -2.64. The number of likely N-dealkylation sites (N-methyl/N-ethyl adjacent to an activating group) is 1. The zero-order valence-electron chi connectivity index (χ0n) is 16.3. The van der Waals surface area contributed by atoms with E-state index in [2.05, 4.69) is 33.8 Å². The summed E-state index contributed by atoms with van der Waals surface area (Å²) < 4.78 is 0. The summed E-state index contributed by atoms with van der Waals surface area (Å²) in [5.41, 5.74) is 2.16. The van der Waals surface area contributed by atoms with Gasteiger partial charge in [0.2, 0.25) is 0 Å². The van der Waals surface area contributed by atoms with Crippen LogP contribution in [-0.2, 0) is 4.79 Å². The second kappa shape index (κ2) is 7.18. The van der Waals surface area contributed by atoms with Crippen molar-refractivity contribution in [1.29, 1.82) is 0 Å². The predicted molar refractivity (Wildman–Crippen MR) is 108 cm³/mol. The standard InChI is InChI=1S/C20H26N6O2/c1-14(2)13-26-16-17(23(3)20(28)22-18(16)27)21-19(26)25-11-9-24(10-12-25)15-7-5-4-6-8-15/h4-8,16-17H,1,9-13H2,2-3H3,(H,22,27,28). The number of rotatable bonds is 3. The van der Waals surface area contributed by atoms with E-state index in [1.165, 1.54) is 10.6 Å². The SMILES string of the molecule is C=C(C)CN1C(N2CCN(c3ccccc3)CC2)=NC2C1C(=O)NC(=O)N2C.